The molecular formula is C17H25IO3. The number of alkyl halides is 1. The van der Waals surface area contributed by atoms with Crippen molar-refractivity contribution in [1.29, 1.82) is 0 Å². The van der Waals surface area contributed by atoms with Crippen LogP contribution < -0.4 is 0 Å². The lowest BCUT2D eigenvalue weighted by Gasteiger charge is -2.50. The topological polar surface area (TPSA) is 38.7 Å². The molecule has 0 bridgehead atoms. The average Bonchev–Trinajstić information content (AvgIpc) is 2.45. The molecule has 2 rings (SSSR count). The molecule has 1 saturated heterocycles. The van der Waals surface area contributed by atoms with Crippen molar-refractivity contribution < 1.29 is 14.6 Å². The maximum absolute atomic E-state index is 9.58. The summed E-state index contributed by atoms with van der Waals surface area (Å²) < 4.78 is 12.5. The lowest BCUT2D eigenvalue weighted by molar-refractivity contribution is -0.231. The molecule has 3 nitrogen and oxygen atoms in total. The van der Waals surface area contributed by atoms with Gasteiger partial charge in [-0.3, -0.25) is 0 Å². The molecule has 0 aliphatic carbocycles. The summed E-state index contributed by atoms with van der Waals surface area (Å²) >= 11 is 2.27. The Morgan fingerprint density at radius 1 is 1.33 bits per heavy atom. The van der Waals surface area contributed by atoms with Crippen molar-refractivity contribution in [3.8, 4) is 0 Å². The SMILES string of the molecule is CC1(C)CC[C@H](OCc2ccccc2)C(C)([C@H](I)CO)O1. The first-order valence-corrected chi connectivity index (χ1v) is 8.72. The molecule has 118 valence electrons. The van der Waals surface area contributed by atoms with E-state index in [-0.39, 0.29) is 22.2 Å². The minimum absolute atomic E-state index is 0.000203. The number of ether oxygens (including phenoxy) is 2. The number of hydrogen-bond acceptors (Lipinski definition) is 3. The Kier molecular flexibility index (Phi) is 5.68. The van der Waals surface area contributed by atoms with Crippen LogP contribution in [0.5, 0.6) is 0 Å². The van der Waals surface area contributed by atoms with Gasteiger partial charge in [-0.1, -0.05) is 52.9 Å². The van der Waals surface area contributed by atoms with E-state index in [0.717, 1.165) is 12.8 Å². The van der Waals surface area contributed by atoms with Crippen LogP contribution >= 0.6 is 22.6 Å². The molecule has 0 radical (unpaired) electrons. The van der Waals surface area contributed by atoms with Crippen molar-refractivity contribution in [2.24, 2.45) is 0 Å². The van der Waals surface area contributed by atoms with Crippen molar-refractivity contribution in [1.82, 2.24) is 0 Å². The summed E-state index contributed by atoms with van der Waals surface area (Å²) in [5, 5.41) is 9.58. The third-order valence-electron chi connectivity index (χ3n) is 4.22. The number of aliphatic hydroxyl groups is 1. The second-order valence-corrected chi connectivity index (χ2v) is 8.02. The van der Waals surface area contributed by atoms with E-state index in [4.69, 9.17) is 9.47 Å². The van der Waals surface area contributed by atoms with Crippen molar-refractivity contribution in [3.63, 3.8) is 0 Å². The van der Waals surface area contributed by atoms with E-state index in [1.807, 2.05) is 18.2 Å². The summed E-state index contributed by atoms with van der Waals surface area (Å²) in [4.78, 5) is 0. The summed E-state index contributed by atoms with van der Waals surface area (Å²) in [6, 6.07) is 10.2. The predicted molar refractivity (Wildman–Crippen MR) is 92.7 cm³/mol. The lowest BCUT2D eigenvalue weighted by Crippen LogP contribution is -2.59. The van der Waals surface area contributed by atoms with Crippen molar-refractivity contribution in [2.75, 3.05) is 6.61 Å². The Balaban J connectivity index is 2.09. The Bertz CT molecular complexity index is 449. The van der Waals surface area contributed by atoms with Gasteiger partial charge in [-0.15, -0.1) is 0 Å². The molecule has 1 heterocycles. The van der Waals surface area contributed by atoms with Crippen LogP contribution in [0.15, 0.2) is 30.3 Å². The highest BCUT2D eigenvalue weighted by molar-refractivity contribution is 14.1. The standard InChI is InChI=1S/C17H25IO3/c1-16(2)10-9-15(17(3,21-16)14(18)11-19)20-12-13-7-5-4-6-8-13/h4-8,14-15,19H,9-12H2,1-3H3/t14-,15+,17?/m1/s1. The molecular weight excluding hydrogens is 379 g/mol. The van der Waals surface area contributed by atoms with E-state index in [1.165, 1.54) is 5.56 Å². The second kappa shape index (κ2) is 6.94. The van der Waals surface area contributed by atoms with E-state index < -0.39 is 5.60 Å². The normalized spacial score (nSPS) is 30.0. The summed E-state index contributed by atoms with van der Waals surface area (Å²) in [6.07, 6.45) is 1.92. The second-order valence-electron chi connectivity index (χ2n) is 6.52. The Morgan fingerprint density at radius 3 is 2.62 bits per heavy atom. The molecule has 1 fully saturated rings. The van der Waals surface area contributed by atoms with Crippen LogP contribution in [0.2, 0.25) is 0 Å². The zero-order valence-electron chi connectivity index (χ0n) is 13.0. The largest absolute Gasteiger partial charge is 0.395 e. The highest BCUT2D eigenvalue weighted by Gasteiger charge is 2.49. The number of rotatable bonds is 5. The van der Waals surface area contributed by atoms with Gasteiger partial charge in [0.2, 0.25) is 0 Å². The molecule has 21 heavy (non-hydrogen) atoms. The molecule has 1 aromatic rings. The minimum Gasteiger partial charge on any atom is -0.395 e. The molecule has 4 heteroatoms. The molecule has 1 aliphatic rings. The smallest absolute Gasteiger partial charge is 0.106 e. The van der Waals surface area contributed by atoms with E-state index >= 15 is 0 Å². The third kappa shape index (κ3) is 4.18. The van der Waals surface area contributed by atoms with Gasteiger partial charge in [-0.05, 0) is 39.2 Å². The average molecular weight is 404 g/mol. The zero-order valence-corrected chi connectivity index (χ0v) is 15.2. The van der Waals surface area contributed by atoms with Gasteiger partial charge in [-0.25, -0.2) is 0 Å². The third-order valence-corrected chi connectivity index (χ3v) is 5.85. The van der Waals surface area contributed by atoms with Crippen LogP contribution in [0.3, 0.4) is 0 Å². The highest BCUT2D eigenvalue weighted by atomic mass is 127. The van der Waals surface area contributed by atoms with Crippen LogP contribution in [0.25, 0.3) is 0 Å². The first-order chi connectivity index (χ1) is 9.87. The first-order valence-electron chi connectivity index (χ1n) is 7.48. The quantitative estimate of drug-likeness (QED) is 0.601. The number of benzene rings is 1. The lowest BCUT2D eigenvalue weighted by atomic mass is 9.83. The number of aliphatic hydroxyl groups excluding tert-OH is 1. The van der Waals surface area contributed by atoms with Crippen LogP contribution in [0.1, 0.15) is 39.2 Å². The molecule has 1 aliphatic heterocycles. The van der Waals surface area contributed by atoms with Crippen LogP contribution in [0.4, 0.5) is 0 Å². The van der Waals surface area contributed by atoms with Crippen molar-refractivity contribution in [2.45, 2.75) is 61.5 Å². The zero-order chi connectivity index (χ0) is 15.5. The number of halogens is 1. The summed E-state index contributed by atoms with van der Waals surface area (Å²) in [5.41, 5.74) is 0.532. The fourth-order valence-electron chi connectivity index (χ4n) is 2.94. The van der Waals surface area contributed by atoms with Gasteiger partial charge in [0.15, 0.2) is 0 Å². The molecule has 0 saturated carbocycles. The van der Waals surface area contributed by atoms with E-state index in [9.17, 15) is 5.11 Å². The predicted octanol–water partition coefficient (Wildman–Crippen LogP) is 3.72. The van der Waals surface area contributed by atoms with Crippen molar-refractivity contribution >= 4 is 22.6 Å². The molecule has 1 N–H and O–H groups in total. The summed E-state index contributed by atoms with van der Waals surface area (Å²) in [6.45, 7) is 6.97. The van der Waals surface area contributed by atoms with Gasteiger partial charge >= 0.3 is 0 Å². The molecule has 1 aromatic carbocycles. The van der Waals surface area contributed by atoms with Gasteiger partial charge < -0.3 is 14.6 Å². The van der Waals surface area contributed by atoms with Crippen LogP contribution in [-0.4, -0.2) is 32.9 Å². The first kappa shape index (κ1) is 17.2. The fraction of sp³-hybridized carbons (Fsp3) is 0.647. The Morgan fingerprint density at radius 2 is 2.00 bits per heavy atom. The molecule has 3 atom stereocenters. The number of hydrogen-bond donors (Lipinski definition) is 1. The minimum atomic E-state index is -0.466. The molecule has 1 unspecified atom stereocenters. The van der Waals surface area contributed by atoms with Crippen LogP contribution in [0, 0.1) is 0 Å². The van der Waals surface area contributed by atoms with Crippen molar-refractivity contribution in [3.05, 3.63) is 35.9 Å². The molecule has 0 amide bonds. The Hall–Kier alpha value is -0.170. The van der Waals surface area contributed by atoms with E-state index in [1.54, 1.807) is 0 Å². The maximum atomic E-state index is 9.58. The van der Waals surface area contributed by atoms with Gasteiger partial charge in [0.05, 0.1) is 28.8 Å². The molecule has 0 aromatic heterocycles. The van der Waals surface area contributed by atoms with Crippen LogP contribution in [-0.2, 0) is 16.1 Å². The summed E-state index contributed by atoms with van der Waals surface area (Å²) in [7, 11) is 0. The van der Waals surface area contributed by atoms with Gasteiger partial charge in [0, 0.05) is 0 Å². The summed E-state index contributed by atoms with van der Waals surface area (Å²) in [5.74, 6) is 0. The van der Waals surface area contributed by atoms with Gasteiger partial charge in [-0.2, -0.15) is 0 Å². The Labute approximate surface area is 141 Å². The fourth-order valence-corrected chi connectivity index (χ4v) is 3.47. The van der Waals surface area contributed by atoms with Gasteiger partial charge in [0.25, 0.3) is 0 Å². The monoisotopic (exact) mass is 404 g/mol. The molecule has 0 spiro atoms. The van der Waals surface area contributed by atoms with Gasteiger partial charge in [0.1, 0.15) is 5.60 Å². The highest BCUT2D eigenvalue weighted by Crippen LogP contribution is 2.41. The maximum Gasteiger partial charge on any atom is 0.106 e. The van der Waals surface area contributed by atoms with E-state index in [2.05, 4.69) is 55.5 Å². The van der Waals surface area contributed by atoms with E-state index in [0.29, 0.717) is 6.61 Å².